The molecule has 0 spiro atoms. The zero-order valence-electron chi connectivity index (χ0n) is 9.87. The van der Waals surface area contributed by atoms with E-state index in [1.165, 1.54) is 6.07 Å². The van der Waals surface area contributed by atoms with Crippen LogP contribution in [0.2, 0.25) is 0 Å². The van der Waals surface area contributed by atoms with E-state index in [2.05, 4.69) is 15.2 Å². The predicted octanol–water partition coefficient (Wildman–Crippen LogP) is 0.228. The molecule has 3 heterocycles. The highest BCUT2D eigenvalue weighted by atomic mass is 16.6. The van der Waals surface area contributed by atoms with Crippen LogP contribution in [0.15, 0.2) is 12.1 Å². The van der Waals surface area contributed by atoms with Crippen molar-refractivity contribution in [1.29, 1.82) is 0 Å². The molecule has 96 valence electrons. The molecule has 0 bridgehead atoms. The standard InChI is InChI=1S/C11H15N5O2/c12-11-9(16(17)18)1-2-10(14-11)15-5-7-3-13-4-8(7)6-15/h1-2,7-8,13H,3-6H2,(H2,12,14)/t7-,8+. The van der Waals surface area contributed by atoms with Crippen molar-refractivity contribution in [3.8, 4) is 0 Å². The molecule has 7 nitrogen and oxygen atoms in total. The van der Waals surface area contributed by atoms with Crippen LogP contribution in [0, 0.1) is 22.0 Å². The quantitative estimate of drug-likeness (QED) is 0.575. The van der Waals surface area contributed by atoms with Gasteiger partial charge in [0.1, 0.15) is 5.82 Å². The minimum atomic E-state index is -0.505. The molecule has 3 N–H and O–H groups in total. The minimum Gasteiger partial charge on any atom is -0.378 e. The van der Waals surface area contributed by atoms with Gasteiger partial charge < -0.3 is 16.0 Å². The van der Waals surface area contributed by atoms with Gasteiger partial charge in [0, 0.05) is 32.2 Å². The third kappa shape index (κ3) is 1.76. The summed E-state index contributed by atoms with van der Waals surface area (Å²) in [5, 5.41) is 14.0. The number of nitrogen functional groups attached to an aromatic ring is 1. The Morgan fingerprint density at radius 2 is 2.06 bits per heavy atom. The van der Waals surface area contributed by atoms with Crippen molar-refractivity contribution in [3.63, 3.8) is 0 Å². The summed E-state index contributed by atoms with van der Waals surface area (Å²) in [6.45, 7) is 3.98. The number of hydrogen-bond acceptors (Lipinski definition) is 6. The lowest BCUT2D eigenvalue weighted by Gasteiger charge is -2.18. The van der Waals surface area contributed by atoms with Crippen LogP contribution in [0.4, 0.5) is 17.3 Å². The molecule has 0 aromatic carbocycles. The molecule has 2 aliphatic heterocycles. The highest BCUT2D eigenvalue weighted by Gasteiger charge is 2.36. The first-order valence-corrected chi connectivity index (χ1v) is 6.01. The lowest BCUT2D eigenvalue weighted by Crippen LogP contribution is -2.26. The summed E-state index contributed by atoms with van der Waals surface area (Å²) in [4.78, 5) is 16.5. The Morgan fingerprint density at radius 3 is 2.61 bits per heavy atom. The molecule has 3 rings (SSSR count). The average Bonchev–Trinajstić information content (AvgIpc) is 2.87. The first-order chi connectivity index (χ1) is 8.65. The van der Waals surface area contributed by atoms with E-state index in [1.807, 2.05) is 0 Å². The zero-order chi connectivity index (χ0) is 12.7. The van der Waals surface area contributed by atoms with Crippen molar-refractivity contribution in [2.24, 2.45) is 11.8 Å². The van der Waals surface area contributed by atoms with E-state index in [-0.39, 0.29) is 11.5 Å². The summed E-state index contributed by atoms with van der Waals surface area (Å²) in [6, 6.07) is 3.12. The molecular weight excluding hydrogens is 234 g/mol. The van der Waals surface area contributed by atoms with E-state index in [0.717, 1.165) is 32.0 Å². The average molecular weight is 249 g/mol. The normalized spacial score (nSPS) is 26.3. The number of aromatic nitrogens is 1. The van der Waals surface area contributed by atoms with Gasteiger partial charge >= 0.3 is 5.69 Å². The van der Waals surface area contributed by atoms with Crippen LogP contribution >= 0.6 is 0 Å². The van der Waals surface area contributed by atoms with Crippen molar-refractivity contribution >= 4 is 17.3 Å². The van der Waals surface area contributed by atoms with Gasteiger partial charge in [-0.3, -0.25) is 10.1 Å². The van der Waals surface area contributed by atoms with Crippen LogP contribution in [-0.2, 0) is 0 Å². The van der Waals surface area contributed by atoms with E-state index in [0.29, 0.717) is 11.8 Å². The fourth-order valence-electron chi connectivity index (χ4n) is 2.83. The van der Waals surface area contributed by atoms with Crippen LogP contribution in [0.3, 0.4) is 0 Å². The molecule has 0 unspecified atom stereocenters. The molecule has 0 amide bonds. The van der Waals surface area contributed by atoms with E-state index < -0.39 is 4.92 Å². The van der Waals surface area contributed by atoms with Crippen molar-refractivity contribution in [2.45, 2.75) is 0 Å². The maximum absolute atomic E-state index is 10.7. The van der Waals surface area contributed by atoms with Gasteiger partial charge in [-0.1, -0.05) is 0 Å². The number of hydrogen-bond donors (Lipinski definition) is 2. The molecule has 0 radical (unpaired) electrons. The van der Waals surface area contributed by atoms with E-state index in [1.54, 1.807) is 6.07 Å². The van der Waals surface area contributed by atoms with Gasteiger partial charge in [0.2, 0.25) is 5.82 Å². The molecule has 1 aromatic rings. The molecule has 2 fully saturated rings. The maximum Gasteiger partial charge on any atom is 0.311 e. The van der Waals surface area contributed by atoms with Crippen molar-refractivity contribution in [3.05, 3.63) is 22.2 Å². The molecule has 1 aromatic heterocycles. The summed E-state index contributed by atoms with van der Waals surface area (Å²) in [6.07, 6.45) is 0. The van der Waals surface area contributed by atoms with E-state index in [9.17, 15) is 10.1 Å². The lowest BCUT2D eigenvalue weighted by molar-refractivity contribution is -0.384. The number of nitrogens with one attached hydrogen (secondary N) is 1. The van der Waals surface area contributed by atoms with Gasteiger partial charge in [-0.25, -0.2) is 4.98 Å². The van der Waals surface area contributed by atoms with Gasteiger partial charge in [-0.15, -0.1) is 0 Å². The molecule has 2 saturated heterocycles. The van der Waals surface area contributed by atoms with Crippen molar-refractivity contribution in [2.75, 3.05) is 36.8 Å². The van der Waals surface area contributed by atoms with Crippen LogP contribution in [0.5, 0.6) is 0 Å². The fraction of sp³-hybridized carbons (Fsp3) is 0.545. The Bertz CT molecular complexity index is 480. The van der Waals surface area contributed by atoms with E-state index >= 15 is 0 Å². The molecule has 18 heavy (non-hydrogen) atoms. The first-order valence-electron chi connectivity index (χ1n) is 6.01. The van der Waals surface area contributed by atoms with Gasteiger partial charge in [-0.05, 0) is 17.9 Å². The number of rotatable bonds is 2. The third-order valence-electron chi connectivity index (χ3n) is 3.80. The molecule has 2 aliphatic rings. The number of nitrogens with zero attached hydrogens (tertiary/aromatic N) is 3. The number of nitro groups is 1. The number of nitrogens with two attached hydrogens (primary N) is 1. The smallest absolute Gasteiger partial charge is 0.311 e. The Labute approximate surface area is 104 Å². The maximum atomic E-state index is 10.7. The minimum absolute atomic E-state index is 0.00677. The summed E-state index contributed by atoms with van der Waals surface area (Å²) in [5.74, 6) is 2.05. The highest BCUT2D eigenvalue weighted by molar-refractivity contribution is 5.58. The summed E-state index contributed by atoms with van der Waals surface area (Å²) in [5.41, 5.74) is 5.49. The van der Waals surface area contributed by atoms with Crippen LogP contribution < -0.4 is 16.0 Å². The van der Waals surface area contributed by atoms with Crippen LogP contribution in [0.25, 0.3) is 0 Å². The summed E-state index contributed by atoms with van der Waals surface area (Å²) >= 11 is 0. The van der Waals surface area contributed by atoms with Gasteiger partial charge in [0.25, 0.3) is 0 Å². The first kappa shape index (κ1) is 11.2. The molecule has 0 saturated carbocycles. The second-order valence-electron chi connectivity index (χ2n) is 4.91. The zero-order valence-corrected chi connectivity index (χ0v) is 9.87. The molecule has 7 heteroatoms. The predicted molar refractivity (Wildman–Crippen MR) is 67.4 cm³/mol. The third-order valence-corrected chi connectivity index (χ3v) is 3.80. The second kappa shape index (κ2) is 4.09. The van der Waals surface area contributed by atoms with Crippen molar-refractivity contribution < 1.29 is 4.92 Å². The van der Waals surface area contributed by atoms with Crippen molar-refractivity contribution in [1.82, 2.24) is 10.3 Å². The SMILES string of the molecule is Nc1nc(N2C[C@H]3CNC[C@H]3C2)ccc1[N+](=O)[O-]. The van der Waals surface area contributed by atoms with Crippen LogP contribution in [-0.4, -0.2) is 36.1 Å². The van der Waals surface area contributed by atoms with Crippen LogP contribution in [0.1, 0.15) is 0 Å². The number of pyridine rings is 1. The van der Waals surface area contributed by atoms with Gasteiger partial charge in [-0.2, -0.15) is 0 Å². The monoisotopic (exact) mass is 249 g/mol. The highest BCUT2D eigenvalue weighted by Crippen LogP contribution is 2.31. The fourth-order valence-corrected chi connectivity index (χ4v) is 2.83. The largest absolute Gasteiger partial charge is 0.378 e. The summed E-state index contributed by atoms with van der Waals surface area (Å²) < 4.78 is 0. The van der Waals surface area contributed by atoms with E-state index in [4.69, 9.17) is 5.73 Å². The molecular formula is C11H15N5O2. The topological polar surface area (TPSA) is 97.3 Å². The Hall–Kier alpha value is -1.89. The second-order valence-corrected chi connectivity index (χ2v) is 4.91. The molecule has 0 aliphatic carbocycles. The van der Waals surface area contributed by atoms with Gasteiger partial charge in [0.05, 0.1) is 4.92 Å². The Kier molecular flexibility index (Phi) is 2.55. The molecule has 2 atom stereocenters. The number of anilines is 2. The number of fused-ring (bicyclic) bond motifs is 1. The summed E-state index contributed by atoms with van der Waals surface area (Å²) in [7, 11) is 0. The Balaban J connectivity index is 1.81. The van der Waals surface area contributed by atoms with Gasteiger partial charge in [0.15, 0.2) is 0 Å². The Morgan fingerprint density at radius 1 is 1.39 bits per heavy atom. The lowest BCUT2D eigenvalue weighted by atomic mass is 10.0.